The smallest absolute Gasteiger partial charge is 0.235 e. The Kier molecular flexibility index (Phi) is 7.93. The number of carbonyl (C=O) groups excluding carboxylic acids is 5. The molecule has 2 saturated carbocycles. The molecule has 6 atom stereocenters. The number of hydrogen-bond acceptors (Lipinski definition) is 11. The van der Waals surface area contributed by atoms with E-state index in [-0.39, 0.29) is 43.3 Å². The van der Waals surface area contributed by atoms with Crippen molar-refractivity contribution in [1.29, 1.82) is 0 Å². The molecule has 1 amide bonds. The molecule has 0 bridgehead atoms. The Hall–Kier alpha value is -3.71. The monoisotopic (exact) mass is 594 g/mol. The molecule has 0 saturated heterocycles. The number of aromatic hydroxyl groups is 1. The molecular formula is C31H38N4O8. The van der Waals surface area contributed by atoms with E-state index < -0.39 is 64.4 Å². The van der Waals surface area contributed by atoms with E-state index in [1.807, 2.05) is 18.7 Å². The number of benzene rings is 1. The fraction of sp³-hybridized carbons (Fsp3) is 0.516. The first kappa shape index (κ1) is 30.7. The fourth-order valence-corrected chi connectivity index (χ4v) is 7.48. The summed E-state index contributed by atoms with van der Waals surface area (Å²) in [6.45, 7) is 5.13. The highest BCUT2D eigenvalue weighted by Crippen LogP contribution is 2.52. The molecule has 1 aromatic carbocycles. The number of hydrogen-bond donors (Lipinski definition) is 4. The zero-order chi connectivity index (χ0) is 31.5. The van der Waals surface area contributed by atoms with Crippen molar-refractivity contribution in [2.75, 3.05) is 27.3 Å². The summed E-state index contributed by atoms with van der Waals surface area (Å²) in [7, 11) is 3.10. The van der Waals surface area contributed by atoms with Crippen molar-refractivity contribution in [1.82, 2.24) is 9.80 Å². The van der Waals surface area contributed by atoms with Crippen LogP contribution in [-0.4, -0.2) is 88.0 Å². The first-order valence-corrected chi connectivity index (χ1v) is 14.4. The highest BCUT2D eigenvalue weighted by molar-refractivity contribution is 6.32. The van der Waals surface area contributed by atoms with Gasteiger partial charge in [0.05, 0.1) is 30.0 Å². The van der Waals surface area contributed by atoms with Gasteiger partial charge in [-0.05, 0) is 62.0 Å². The Balaban J connectivity index is 1.66. The first-order valence-electron chi connectivity index (χ1n) is 14.4. The van der Waals surface area contributed by atoms with Crippen LogP contribution >= 0.6 is 0 Å². The van der Waals surface area contributed by atoms with E-state index in [0.29, 0.717) is 28.8 Å². The second kappa shape index (κ2) is 11.1. The predicted octanol–water partition coefficient (Wildman–Crippen LogP) is 0.501. The molecule has 12 heteroatoms. The quantitative estimate of drug-likeness (QED) is 0.245. The van der Waals surface area contributed by atoms with Crippen LogP contribution in [0, 0.1) is 29.6 Å². The van der Waals surface area contributed by atoms with Crippen molar-refractivity contribution in [3.05, 3.63) is 41.3 Å². The van der Waals surface area contributed by atoms with Gasteiger partial charge in [0.2, 0.25) is 5.91 Å². The zero-order valence-corrected chi connectivity index (χ0v) is 24.7. The Morgan fingerprint density at radius 3 is 2.44 bits per heavy atom. The number of nitrogens with two attached hydrogens (primary N) is 2. The minimum Gasteiger partial charge on any atom is -0.507 e. The average Bonchev–Trinajstić information content (AvgIpc) is 3.46. The Morgan fingerprint density at radius 2 is 1.88 bits per heavy atom. The molecule has 3 aliphatic rings. The normalized spacial score (nSPS) is 28.8. The number of nitrogens with zero attached hydrogens (tertiary/aromatic N) is 2. The summed E-state index contributed by atoms with van der Waals surface area (Å²) in [5, 5.41) is 23.3. The molecule has 230 valence electrons. The van der Waals surface area contributed by atoms with Crippen molar-refractivity contribution in [3.63, 3.8) is 0 Å². The minimum absolute atomic E-state index is 0.0213. The lowest BCUT2D eigenvalue weighted by Gasteiger charge is -2.52. The maximum atomic E-state index is 14.3. The van der Waals surface area contributed by atoms with E-state index >= 15 is 0 Å². The highest BCUT2D eigenvalue weighted by atomic mass is 16.3. The lowest BCUT2D eigenvalue weighted by molar-refractivity contribution is -0.181. The molecule has 1 heterocycles. The topological polar surface area (TPSA) is 197 Å². The summed E-state index contributed by atoms with van der Waals surface area (Å²) in [4.78, 5) is 70.8. The van der Waals surface area contributed by atoms with Crippen LogP contribution in [0.25, 0.3) is 11.1 Å². The number of fused-ring (bicyclic) bond motifs is 3. The zero-order valence-electron chi connectivity index (χ0n) is 24.7. The van der Waals surface area contributed by atoms with Crippen LogP contribution < -0.4 is 11.5 Å². The van der Waals surface area contributed by atoms with Gasteiger partial charge in [-0.15, -0.1) is 0 Å². The lowest BCUT2D eigenvalue weighted by Crippen LogP contribution is -2.74. The lowest BCUT2D eigenvalue weighted by atomic mass is 9.52. The molecule has 2 aromatic rings. The third-order valence-corrected chi connectivity index (χ3v) is 9.25. The number of primary amides is 1. The van der Waals surface area contributed by atoms with Gasteiger partial charge in [0.15, 0.2) is 34.7 Å². The number of rotatable bonds is 8. The Bertz CT molecular complexity index is 1500. The summed E-state index contributed by atoms with van der Waals surface area (Å²) >= 11 is 0. The second-order valence-corrected chi connectivity index (χ2v) is 12.7. The van der Waals surface area contributed by atoms with Crippen molar-refractivity contribution in [2.24, 2.45) is 41.1 Å². The SMILES string of the molecule is CC(C)CN(CN)Cc1cc(-c2ccoc2)c2c(c1O)C(=O)C1C(=O)[C@]3(O)C(=O)C(C(N)=O)C(=O)[C@@H](N(C)C)[C@@H]3C[C@@H]1C2. The van der Waals surface area contributed by atoms with Crippen molar-refractivity contribution in [3.8, 4) is 16.9 Å². The molecule has 6 N–H and O–H groups in total. The number of phenols is 1. The predicted molar refractivity (Wildman–Crippen MR) is 153 cm³/mol. The van der Waals surface area contributed by atoms with Gasteiger partial charge in [-0.25, -0.2) is 0 Å². The van der Waals surface area contributed by atoms with Crippen LogP contribution in [0.1, 0.15) is 41.8 Å². The number of Topliss-reactive ketones (excluding diaryl/α,β-unsaturated/α-hetero) is 4. The molecule has 0 aliphatic heterocycles. The van der Waals surface area contributed by atoms with Gasteiger partial charge in [0.1, 0.15) is 5.75 Å². The number of furan rings is 1. The van der Waals surface area contributed by atoms with Crippen molar-refractivity contribution >= 4 is 29.0 Å². The van der Waals surface area contributed by atoms with Gasteiger partial charge in [-0.2, -0.15) is 0 Å². The first-order chi connectivity index (χ1) is 20.2. The summed E-state index contributed by atoms with van der Waals surface area (Å²) in [5.74, 6) is -10.5. The van der Waals surface area contributed by atoms with Crippen molar-refractivity contribution in [2.45, 2.75) is 44.9 Å². The number of aliphatic hydroxyl groups is 1. The second-order valence-electron chi connectivity index (χ2n) is 12.7. The third kappa shape index (κ3) is 4.73. The molecule has 43 heavy (non-hydrogen) atoms. The highest BCUT2D eigenvalue weighted by Gasteiger charge is 2.69. The van der Waals surface area contributed by atoms with E-state index in [4.69, 9.17) is 15.9 Å². The largest absolute Gasteiger partial charge is 0.507 e. The van der Waals surface area contributed by atoms with E-state index in [1.54, 1.807) is 26.2 Å². The minimum atomic E-state index is -2.77. The fourth-order valence-electron chi connectivity index (χ4n) is 7.48. The van der Waals surface area contributed by atoms with Gasteiger partial charge < -0.3 is 26.1 Å². The molecule has 2 unspecified atom stereocenters. The number of ketones is 4. The Labute approximate surface area is 249 Å². The van der Waals surface area contributed by atoms with Crippen LogP contribution in [0.3, 0.4) is 0 Å². The van der Waals surface area contributed by atoms with E-state index in [0.717, 1.165) is 0 Å². The van der Waals surface area contributed by atoms with Gasteiger partial charge in [0.25, 0.3) is 0 Å². The molecule has 3 aliphatic carbocycles. The summed E-state index contributed by atoms with van der Waals surface area (Å²) in [6.07, 6.45) is 3.16. The van der Waals surface area contributed by atoms with Gasteiger partial charge >= 0.3 is 0 Å². The van der Waals surface area contributed by atoms with E-state index in [2.05, 4.69) is 0 Å². The molecule has 2 fully saturated rings. The molecule has 0 radical (unpaired) electrons. The molecule has 0 spiro atoms. The van der Waals surface area contributed by atoms with Crippen LogP contribution in [0.2, 0.25) is 0 Å². The molecular weight excluding hydrogens is 556 g/mol. The molecule has 5 rings (SSSR count). The summed E-state index contributed by atoms with van der Waals surface area (Å²) in [6, 6.07) is 2.37. The van der Waals surface area contributed by atoms with Gasteiger partial charge in [-0.1, -0.05) is 13.8 Å². The number of amides is 1. The average molecular weight is 595 g/mol. The molecule has 12 nitrogen and oxygen atoms in total. The van der Waals surface area contributed by atoms with Crippen molar-refractivity contribution < 1.29 is 38.6 Å². The third-order valence-electron chi connectivity index (χ3n) is 9.25. The van der Waals surface area contributed by atoms with Crippen LogP contribution in [0.4, 0.5) is 0 Å². The summed E-state index contributed by atoms with van der Waals surface area (Å²) < 4.78 is 5.33. The van der Waals surface area contributed by atoms with Crippen LogP contribution in [0.5, 0.6) is 5.75 Å². The molecule has 1 aromatic heterocycles. The Morgan fingerprint density at radius 1 is 1.19 bits per heavy atom. The van der Waals surface area contributed by atoms with Gasteiger partial charge in [0, 0.05) is 36.8 Å². The summed E-state index contributed by atoms with van der Waals surface area (Å²) in [5.41, 5.74) is 10.8. The van der Waals surface area contributed by atoms with E-state index in [9.17, 15) is 34.2 Å². The number of carbonyl (C=O) groups is 5. The standard InChI is InChI=1S/C31H38N4O8/c1-14(2)10-35(13-32)11-17-8-18(15-5-6-43-12-15)19-7-16-9-20-24(34(3)4)27(38)23(30(33)41)29(40)31(20,42)28(39)21(16)26(37)22(19)25(17)36/h5-6,8,12,14,16,20-21,23-24,36,42H,7,9-11,13,32H2,1-4H3,(H2,33,41)/t16-,20-,21?,23?,24-,31-/m0/s1. The maximum absolute atomic E-state index is 14.3. The van der Waals surface area contributed by atoms with Crippen LogP contribution in [0.15, 0.2) is 29.1 Å². The maximum Gasteiger partial charge on any atom is 0.235 e. The van der Waals surface area contributed by atoms with Crippen LogP contribution in [-0.2, 0) is 32.1 Å². The van der Waals surface area contributed by atoms with Gasteiger partial charge in [-0.3, -0.25) is 33.8 Å². The number of likely N-dealkylation sites (N-methyl/N-ethyl adjacent to an activating group) is 1. The van der Waals surface area contributed by atoms with E-state index in [1.165, 1.54) is 17.4 Å². The number of phenolic OH excluding ortho intramolecular Hbond substituents is 1.